The third kappa shape index (κ3) is 5.58. The third-order valence-corrected chi connectivity index (χ3v) is 4.64. The van der Waals surface area contributed by atoms with Crippen LogP contribution >= 0.6 is 27.5 Å². The van der Waals surface area contributed by atoms with Crippen molar-refractivity contribution in [2.75, 3.05) is 18.5 Å². The highest BCUT2D eigenvalue weighted by Crippen LogP contribution is 2.34. The molecule has 0 aliphatic carbocycles. The molecule has 2 rings (SSSR count). The highest BCUT2D eigenvalue weighted by molar-refractivity contribution is 9.09. The van der Waals surface area contributed by atoms with Gasteiger partial charge in [0, 0.05) is 10.7 Å². The highest BCUT2D eigenvalue weighted by atomic mass is 79.9. The number of ether oxygens (including phenoxy) is 2. The molecule has 0 spiro atoms. The van der Waals surface area contributed by atoms with Crippen LogP contribution in [0.1, 0.15) is 39.0 Å². The van der Waals surface area contributed by atoms with Crippen LogP contribution in [0.3, 0.4) is 0 Å². The van der Waals surface area contributed by atoms with E-state index >= 15 is 0 Å². The zero-order valence-corrected chi connectivity index (χ0v) is 16.0. The fraction of sp³-hybridized carbons (Fsp3) is 0.474. The van der Waals surface area contributed by atoms with Crippen LogP contribution in [0, 0.1) is 0 Å². The van der Waals surface area contributed by atoms with E-state index in [9.17, 15) is 0 Å². The molecule has 2 nitrogen and oxygen atoms in total. The van der Waals surface area contributed by atoms with Gasteiger partial charge in [0.2, 0.25) is 0 Å². The summed E-state index contributed by atoms with van der Waals surface area (Å²) in [6, 6.07) is 10.0. The number of benzene rings is 2. The van der Waals surface area contributed by atoms with Crippen LogP contribution in [0.15, 0.2) is 30.3 Å². The van der Waals surface area contributed by atoms with Gasteiger partial charge in [0.1, 0.15) is 11.5 Å². The average molecular weight is 400 g/mol. The molecule has 126 valence electrons. The Morgan fingerprint density at radius 1 is 0.957 bits per heavy atom. The lowest BCUT2D eigenvalue weighted by Gasteiger charge is -2.11. The minimum Gasteiger partial charge on any atom is -0.494 e. The lowest BCUT2D eigenvalue weighted by molar-refractivity contribution is 0.307. The van der Waals surface area contributed by atoms with Gasteiger partial charge in [-0.2, -0.15) is 0 Å². The number of rotatable bonds is 10. The molecule has 0 bridgehead atoms. The monoisotopic (exact) mass is 398 g/mol. The van der Waals surface area contributed by atoms with E-state index in [1.54, 1.807) is 0 Å². The molecule has 0 fully saturated rings. The normalized spacial score (nSPS) is 10.9. The molecular weight excluding hydrogens is 376 g/mol. The summed E-state index contributed by atoms with van der Waals surface area (Å²) in [6.45, 7) is 3.62. The zero-order valence-electron chi connectivity index (χ0n) is 13.6. The van der Waals surface area contributed by atoms with Gasteiger partial charge in [0.25, 0.3) is 0 Å². The van der Waals surface area contributed by atoms with Crippen molar-refractivity contribution < 1.29 is 9.47 Å². The van der Waals surface area contributed by atoms with E-state index in [4.69, 9.17) is 21.1 Å². The Balaban J connectivity index is 2.02. The summed E-state index contributed by atoms with van der Waals surface area (Å²) in [5, 5.41) is 3.82. The summed E-state index contributed by atoms with van der Waals surface area (Å²) in [5.74, 6) is 1.66. The van der Waals surface area contributed by atoms with Crippen LogP contribution in [0.2, 0.25) is 5.02 Å². The zero-order chi connectivity index (χ0) is 16.5. The Bertz CT molecular complexity index is 616. The maximum absolute atomic E-state index is 6.49. The molecule has 23 heavy (non-hydrogen) atoms. The van der Waals surface area contributed by atoms with Crippen molar-refractivity contribution in [2.24, 2.45) is 0 Å². The van der Waals surface area contributed by atoms with Gasteiger partial charge < -0.3 is 9.47 Å². The molecule has 0 aliphatic rings. The number of hydrogen-bond acceptors (Lipinski definition) is 2. The minimum atomic E-state index is 0.683. The summed E-state index contributed by atoms with van der Waals surface area (Å²) in [4.78, 5) is 0. The second-order valence-corrected chi connectivity index (χ2v) is 6.73. The van der Waals surface area contributed by atoms with E-state index in [1.807, 2.05) is 30.3 Å². The van der Waals surface area contributed by atoms with E-state index in [1.165, 1.54) is 6.42 Å². The van der Waals surface area contributed by atoms with Gasteiger partial charge in [-0.05, 0) is 55.3 Å². The van der Waals surface area contributed by atoms with Crippen LogP contribution in [-0.4, -0.2) is 18.5 Å². The van der Waals surface area contributed by atoms with Crippen molar-refractivity contribution >= 4 is 38.3 Å². The fourth-order valence-corrected chi connectivity index (χ4v) is 3.03. The largest absolute Gasteiger partial charge is 0.494 e. The summed E-state index contributed by atoms with van der Waals surface area (Å²) >= 11 is 9.93. The first-order chi connectivity index (χ1) is 11.3. The lowest BCUT2D eigenvalue weighted by atomic mass is 10.1. The Labute approximate surface area is 152 Å². The first kappa shape index (κ1) is 18.4. The van der Waals surface area contributed by atoms with Crippen molar-refractivity contribution in [3.8, 4) is 11.5 Å². The van der Waals surface area contributed by atoms with Gasteiger partial charge in [-0.3, -0.25) is 0 Å². The van der Waals surface area contributed by atoms with Crippen molar-refractivity contribution in [2.45, 2.75) is 39.0 Å². The molecule has 0 saturated carbocycles. The number of alkyl halides is 1. The van der Waals surface area contributed by atoms with Crippen LogP contribution in [0.25, 0.3) is 10.8 Å². The summed E-state index contributed by atoms with van der Waals surface area (Å²) in [6.07, 6.45) is 5.59. The van der Waals surface area contributed by atoms with Crippen LogP contribution < -0.4 is 9.47 Å². The molecule has 0 aromatic heterocycles. The molecule has 0 unspecified atom stereocenters. The molecule has 0 N–H and O–H groups in total. The van der Waals surface area contributed by atoms with Crippen molar-refractivity contribution in [3.63, 3.8) is 0 Å². The van der Waals surface area contributed by atoms with Gasteiger partial charge in [-0.1, -0.05) is 46.9 Å². The molecule has 4 heteroatoms. The first-order valence-electron chi connectivity index (χ1n) is 8.30. The van der Waals surface area contributed by atoms with Crippen LogP contribution in [-0.2, 0) is 0 Å². The molecule has 0 aliphatic heterocycles. The van der Waals surface area contributed by atoms with Gasteiger partial charge >= 0.3 is 0 Å². The Kier molecular flexibility index (Phi) is 8.04. The maximum Gasteiger partial charge on any atom is 0.138 e. The third-order valence-electron chi connectivity index (χ3n) is 3.69. The van der Waals surface area contributed by atoms with E-state index in [-0.39, 0.29) is 0 Å². The van der Waals surface area contributed by atoms with Crippen molar-refractivity contribution in [1.29, 1.82) is 0 Å². The van der Waals surface area contributed by atoms with E-state index in [2.05, 4.69) is 22.9 Å². The SMILES string of the molecule is CCCCOc1ccc2c(Cl)c(OCCCCCBr)ccc2c1. The van der Waals surface area contributed by atoms with Crippen molar-refractivity contribution in [3.05, 3.63) is 35.4 Å². The standard InChI is InChI=1S/C19H24BrClO2/c1-2-3-12-22-16-8-9-17-15(14-16)7-10-18(19(17)21)23-13-6-4-5-11-20/h7-10,14H,2-6,11-13H2,1H3. The predicted molar refractivity (Wildman–Crippen MR) is 103 cm³/mol. The van der Waals surface area contributed by atoms with Gasteiger partial charge in [-0.25, -0.2) is 0 Å². The molecule has 0 amide bonds. The minimum absolute atomic E-state index is 0.683. The van der Waals surface area contributed by atoms with Crippen molar-refractivity contribution in [1.82, 2.24) is 0 Å². The molecule has 2 aromatic carbocycles. The highest BCUT2D eigenvalue weighted by Gasteiger charge is 2.08. The Hall–Kier alpha value is -0.930. The average Bonchev–Trinajstić information content (AvgIpc) is 2.57. The predicted octanol–water partition coefficient (Wildman–Crippen LogP) is 6.62. The van der Waals surface area contributed by atoms with Crippen LogP contribution in [0.5, 0.6) is 11.5 Å². The van der Waals surface area contributed by atoms with Crippen LogP contribution in [0.4, 0.5) is 0 Å². The van der Waals surface area contributed by atoms with E-state index < -0.39 is 0 Å². The molecule has 0 saturated heterocycles. The van der Waals surface area contributed by atoms with Gasteiger partial charge in [0.05, 0.1) is 18.2 Å². The van der Waals surface area contributed by atoms with E-state index in [0.29, 0.717) is 11.6 Å². The Morgan fingerprint density at radius 3 is 2.57 bits per heavy atom. The second-order valence-electron chi connectivity index (χ2n) is 5.56. The first-order valence-corrected chi connectivity index (χ1v) is 9.80. The number of fused-ring (bicyclic) bond motifs is 1. The molecule has 2 aromatic rings. The van der Waals surface area contributed by atoms with E-state index in [0.717, 1.165) is 59.9 Å². The lowest BCUT2D eigenvalue weighted by Crippen LogP contribution is -1.98. The number of halogens is 2. The fourth-order valence-electron chi connectivity index (χ4n) is 2.34. The maximum atomic E-state index is 6.49. The number of unbranched alkanes of at least 4 members (excludes halogenated alkanes) is 3. The number of hydrogen-bond donors (Lipinski definition) is 0. The van der Waals surface area contributed by atoms with Gasteiger partial charge in [-0.15, -0.1) is 0 Å². The summed E-state index contributed by atoms with van der Waals surface area (Å²) < 4.78 is 11.6. The molecule has 0 atom stereocenters. The summed E-state index contributed by atoms with van der Waals surface area (Å²) in [7, 11) is 0. The topological polar surface area (TPSA) is 18.5 Å². The quantitative estimate of drug-likeness (QED) is 0.330. The smallest absolute Gasteiger partial charge is 0.138 e. The van der Waals surface area contributed by atoms with Gasteiger partial charge in [0.15, 0.2) is 0 Å². The second kappa shape index (κ2) is 10.0. The molecule has 0 radical (unpaired) electrons. The molecular formula is C19H24BrClO2. The summed E-state index contributed by atoms with van der Waals surface area (Å²) in [5.41, 5.74) is 0. The molecule has 0 heterocycles. The Morgan fingerprint density at radius 2 is 1.78 bits per heavy atom.